The Hall–Kier alpha value is -1.68. The van der Waals surface area contributed by atoms with Crippen LogP contribution in [0.3, 0.4) is 0 Å². The Morgan fingerprint density at radius 3 is 2.82 bits per heavy atom. The minimum absolute atomic E-state index is 0.544. The van der Waals surface area contributed by atoms with Gasteiger partial charge >= 0.3 is 0 Å². The first-order valence-electron chi connectivity index (χ1n) is 5.21. The van der Waals surface area contributed by atoms with Gasteiger partial charge < -0.3 is 0 Å². The summed E-state index contributed by atoms with van der Waals surface area (Å²) in [5.41, 5.74) is 3.17. The van der Waals surface area contributed by atoms with E-state index in [9.17, 15) is 4.79 Å². The van der Waals surface area contributed by atoms with E-state index in [-0.39, 0.29) is 0 Å². The monoisotopic (exact) mass is 249 g/mol. The number of aryl methyl sites for hydroxylation is 1. The summed E-state index contributed by atoms with van der Waals surface area (Å²) < 4.78 is 1.78. The lowest BCUT2D eigenvalue weighted by Crippen LogP contribution is -2.05. The Bertz CT molecular complexity index is 563. The maximum absolute atomic E-state index is 10.9. The minimum Gasteiger partial charge on any atom is -0.298 e. The smallest absolute Gasteiger partial charge is 0.153 e. The fourth-order valence-corrected chi connectivity index (χ4v) is 1.91. The van der Waals surface area contributed by atoms with Gasteiger partial charge in [-0.05, 0) is 25.5 Å². The van der Waals surface area contributed by atoms with Crippen molar-refractivity contribution in [3.8, 4) is 0 Å². The first-order chi connectivity index (χ1) is 8.13. The molecule has 0 saturated carbocycles. The van der Waals surface area contributed by atoms with Crippen LogP contribution in [-0.4, -0.2) is 21.1 Å². The topological polar surface area (TPSA) is 47.8 Å². The molecule has 2 rings (SSSR count). The van der Waals surface area contributed by atoms with Crippen molar-refractivity contribution in [2.24, 2.45) is 0 Å². The number of aromatic nitrogens is 3. The lowest BCUT2D eigenvalue weighted by molar-refractivity contribution is 0.112. The third kappa shape index (κ3) is 2.22. The largest absolute Gasteiger partial charge is 0.298 e. The molecule has 0 aliphatic rings. The minimum atomic E-state index is 0.544. The van der Waals surface area contributed by atoms with Crippen molar-refractivity contribution in [2.75, 3.05) is 0 Å². The molecule has 0 N–H and O–H groups in total. The van der Waals surface area contributed by atoms with Crippen LogP contribution < -0.4 is 0 Å². The second-order valence-electron chi connectivity index (χ2n) is 3.83. The summed E-state index contributed by atoms with van der Waals surface area (Å²) in [5, 5.41) is 4.93. The van der Waals surface area contributed by atoms with Crippen LogP contribution in [0.2, 0.25) is 5.02 Å². The highest BCUT2D eigenvalue weighted by Crippen LogP contribution is 2.17. The third-order valence-corrected chi connectivity index (χ3v) is 3.07. The van der Waals surface area contributed by atoms with E-state index < -0.39 is 0 Å². The molecule has 0 aliphatic carbocycles. The van der Waals surface area contributed by atoms with Crippen LogP contribution in [0, 0.1) is 13.8 Å². The predicted molar refractivity (Wildman–Crippen MR) is 65.4 cm³/mol. The second-order valence-corrected chi connectivity index (χ2v) is 4.23. The summed E-state index contributed by atoms with van der Waals surface area (Å²) in [5.74, 6) is 0. The molecule has 0 unspecified atom stereocenters. The molecule has 4 nitrogen and oxygen atoms in total. The van der Waals surface area contributed by atoms with Crippen molar-refractivity contribution >= 4 is 17.9 Å². The number of hydrogen-bond acceptors (Lipinski definition) is 3. The molecule has 0 bridgehead atoms. The summed E-state index contributed by atoms with van der Waals surface area (Å²) in [4.78, 5) is 14.8. The molecular weight excluding hydrogens is 238 g/mol. The molecule has 0 spiro atoms. The van der Waals surface area contributed by atoms with Gasteiger partial charge in [-0.1, -0.05) is 11.6 Å². The van der Waals surface area contributed by atoms with Crippen molar-refractivity contribution in [1.29, 1.82) is 0 Å². The predicted octanol–water partition coefficient (Wildman–Crippen LogP) is 2.41. The Labute approximate surface area is 104 Å². The number of rotatable bonds is 3. The van der Waals surface area contributed by atoms with Gasteiger partial charge in [0.2, 0.25) is 0 Å². The van der Waals surface area contributed by atoms with Crippen molar-refractivity contribution in [3.63, 3.8) is 0 Å². The lowest BCUT2D eigenvalue weighted by atomic mass is 10.2. The molecule has 2 aromatic heterocycles. The summed E-state index contributed by atoms with van der Waals surface area (Å²) >= 11 is 6.03. The van der Waals surface area contributed by atoms with Crippen LogP contribution in [-0.2, 0) is 6.54 Å². The summed E-state index contributed by atoms with van der Waals surface area (Å²) in [6.07, 6.45) is 4.12. The van der Waals surface area contributed by atoms with Gasteiger partial charge in [-0.3, -0.25) is 14.5 Å². The van der Waals surface area contributed by atoms with E-state index in [0.29, 0.717) is 17.1 Å². The van der Waals surface area contributed by atoms with Crippen LogP contribution >= 0.6 is 11.6 Å². The molecule has 2 heterocycles. The molecule has 0 aromatic carbocycles. The highest BCUT2D eigenvalue weighted by molar-refractivity contribution is 6.31. The van der Waals surface area contributed by atoms with Crippen LogP contribution in [0.15, 0.2) is 18.5 Å². The Balaban J connectivity index is 2.37. The van der Waals surface area contributed by atoms with E-state index in [4.69, 9.17) is 11.6 Å². The number of hydrogen-bond donors (Lipinski definition) is 0. The van der Waals surface area contributed by atoms with Crippen LogP contribution in [0.25, 0.3) is 0 Å². The number of carbonyl (C=O) groups is 1. The van der Waals surface area contributed by atoms with E-state index in [1.54, 1.807) is 17.1 Å². The van der Waals surface area contributed by atoms with Gasteiger partial charge in [0.05, 0.1) is 22.8 Å². The molecule has 0 fully saturated rings. The normalized spacial score (nSPS) is 10.5. The first kappa shape index (κ1) is 11.8. The molecule has 17 heavy (non-hydrogen) atoms. The van der Waals surface area contributed by atoms with E-state index in [1.807, 2.05) is 19.9 Å². The van der Waals surface area contributed by atoms with E-state index in [1.165, 1.54) is 0 Å². The number of halogens is 1. The van der Waals surface area contributed by atoms with Crippen molar-refractivity contribution < 1.29 is 4.79 Å². The van der Waals surface area contributed by atoms with Gasteiger partial charge in [-0.2, -0.15) is 5.10 Å². The summed E-state index contributed by atoms with van der Waals surface area (Å²) in [6.45, 7) is 4.24. The van der Waals surface area contributed by atoms with E-state index in [2.05, 4.69) is 10.1 Å². The standard InChI is InChI=1S/C12H12ClN3O/c1-8-11(7-17)9(2)16(15-8)6-10-3-4-14-5-12(10)13/h3-5,7H,6H2,1-2H3. The van der Waals surface area contributed by atoms with Crippen LogP contribution in [0.5, 0.6) is 0 Å². The Kier molecular flexibility index (Phi) is 3.24. The lowest BCUT2D eigenvalue weighted by Gasteiger charge is -2.06. The maximum atomic E-state index is 10.9. The average Bonchev–Trinajstić information content (AvgIpc) is 2.57. The molecule has 2 aromatic rings. The second kappa shape index (κ2) is 4.67. The Morgan fingerprint density at radius 2 is 2.24 bits per heavy atom. The fraction of sp³-hybridized carbons (Fsp3) is 0.250. The van der Waals surface area contributed by atoms with Gasteiger partial charge in [0, 0.05) is 18.1 Å². The summed E-state index contributed by atoms with van der Waals surface area (Å²) in [7, 11) is 0. The molecule has 0 radical (unpaired) electrons. The zero-order valence-electron chi connectivity index (χ0n) is 9.64. The zero-order valence-corrected chi connectivity index (χ0v) is 10.4. The van der Waals surface area contributed by atoms with Gasteiger partial charge in [0.25, 0.3) is 0 Å². The van der Waals surface area contributed by atoms with Crippen molar-refractivity contribution in [2.45, 2.75) is 20.4 Å². The van der Waals surface area contributed by atoms with E-state index in [0.717, 1.165) is 23.2 Å². The van der Waals surface area contributed by atoms with Gasteiger partial charge in [-0.25, -0.2) is 0 Å². The van der Waals surface area contributed by atoms with Gasteiger partial charge in [0.1, 0.15) is 0 Å². The number of aldehydes is 1. The molecule has 0 amide bonds. The SMILES string of the molecule is Cc1nn(Cc2ccncc2Cl)c(C)c1C=O. The summed E-state index contributed by atoms with van der Waals surface area (Å²) in [6, 6.07) is 1.85. The highest BCUT2D eigenvalue weighted by Gasteiger charge is 2.11. The van der Waals surface area contributed by atoms with Gasteiger partial charge in [0.15, 0.2) is 6.29 Å². The average molecular weight is 250 g/mol. The van der Waals surface area contributed by atoms with Crippen LogP contribution in [0.4, 0.5) is 0 Å². The fourth-order valence-electron chi connectivity index (χ4n) is 1.73. The zero-order chi connectivity index (χ0) is 12.4. The van der Waals surface area contributed by atoms with Crippen molar-refractivity contribution in [1.82, 2.24) is 14.8 Å². The number of pyridine rings is 1. The molecule has 5 heteroatoms. The maximum Gasteiger partial charge on any atom is 0.153 e. The molecule has 88 valence electrons. The Morgan fingerprint density at radius 1 is 1.47 bits per heavy atom. The quantitative estimate of drug-likeness (QED) is 0.785. The molecule has 0 saturated heterocycles. The molecular formula is C12H12ClN3O. The van der Waals surface area contributed by atoms with Crippen molar-refractivity contribution in [3.05, 3.63) is 46.0 Å². The first-order valence-corrected chi connectivity index (χ1v) is 5.59. The third-order valence-electron chi connectivity index (χ3n) is 2.73. The number of nitrogens with zero attached hydrogens (tertiary/aromatic N) is 3. The van der Waals surface area contributed by atoms with Gasteiger partial charge in [-0.15, -0.1) is 0 Å². The van der Waals surface area contributed by atoms with Crippen LogP contribution in [0.1, 0.15) is 27.3 Å². The molecule has 0 aliphatic heterocycles. The number of carbonyl (C=O) groups excluding carboxylic acids is 1. The molecule has 0 atom stereocenters. The van der Waals surface area contributed by atoms with E-state index >= 15 is 0 Å². The highest BCUT2D eigenvalue weighted by atomic mass is 35.5.